The maximum atomic E-state index is 13.1. The van der Waals surface area contributed by atoms with Gasteiger partial charge in [-0.1, -0.05) is 11.6 Å². The van der Waals surface area contributed by atoms with Crippen LogP contribution in [0.2, 0.25) is 5.15 Å². The molecule has 0 saturated carbocycles. The van der Waals surface area contributed by atoms with Crippen LogP contribution >= 0.6 is 22.9 Å². The zero-order valence-electron chi connectivity index (χ0n) is 8.39. The summed E-state index contributed by atoms with van der Waals surface area (Å²) in [5, 5.41) is 0.958. The predicted molar refractivity (Wildman–Crippen MR) is 65.6 cm³/mol. The maximum Gasteiger partial charge on any atom is 0.173 e. The first-order chi connectivity index (χ1) is 8.24. The van der Waals surface area contributed by atoms with Crippen molar-refractivity contribution >= 4 is 33.8 Å². The highest BCUT2D eigenvalue weighted by atomic mass is 35.5. The van der Waals surface area contributed by atoms with E-state index in [1.807, 2.05) is 0 Å². The van der Waals surface area contributed by atoms with Crippen LogP contribution < -0.4 is 0 Å². The Morgan fingerprint density at radius 1 is 1.24 bits per heavy atom. The molecule has 1 aromatic carbocycles. The second kappa shape index (κ2) is 4.01. The second-order valence-corrected chi connectivity index (χ2v) is 4.61. The standard InChI is InChI=1S/C11H5ClFN3S/c12-10-7-2-1-6(13)3-8(7)15-11(16-10)9-4-14-5-17-9/h1-5H. The molecule has 84 valence electrons. The van der Waals surface area contributed by atoms with Crippen molar-refractivity contribution in [1.29, 1.82) is 0 Å². The van der Waals surface area contributed by atoms with Crippen LogP contribution in [0.15, 0.2) is 29.9 Å². The molecule has 17 heavy (non-hydrogen) atoms. The third-order valence-corrected chi connectivity index (χ3v) is 3.32. The molecule has 0 bridgehead atoms. The molecular weight excluding hydrogens is 261 g/mol. The fourth-order valence-electron chi connectivity index (χ4n) is 1.50. The SMILES string of the molecule is Fc1ccc2c(Cl)nc(-c3cncs3)nc2c1. The minimum absolute atomic E-state index is 0.318. The lowest BCUT2D eigenvalue weighted by Gasteiger charge is -2.02. The summed E-state index contributed by atoms with van der Waals surface area (Å²) in [6.45, 7) is 0. The molecule has 0 aliphatic rings. The zero-order chi connectivity index (χ0) is 11.8. The molecule has 0 unspecified atom stereocenters. The first kappa shape index (κ1) is 10.6. The first-order valence-electron chi connectivity index (χ1n) is 4.76. The Kier molecular flexibility index (Phi) is 2.49. The van der Waals surface area contributed by atoms with Crippen molar-refractivity contribution in [3.63, 3.8) is 0 Å². The third-order valence-electron chi connectivity index (χ3n) is 2.27. The Labute approximate surface area is 105 Å². The van der Waals surface area contributed by atoms with Crippen LogP contribution in [-0.2, 0) is 0 Å². The van der Waals surface area contributed by atoms with Crippen molar-refractivity contribution in [2.45, 2.75) is 0 Å². The Balaban J connectivity index is 2.29. The highest BCUT2D eigenvalue weighted by Gasteiger charge is 2.09. The van der Waals surface area contributed by atoms with Crippen LogP contribution in [0.1, 0.15) is 0 Å². The minimum atomic E-state index is -0.345. The van der Waals surface area contributed by atoms with Gasteiger partial charge < -0.3 is 0 Å². The molecule has 3 nitrogen and oxygen atoms in total. The Bertz CT molecular complexity index is 684. The van der Waals surface area contributed by atoms with E-state index in [1.54, 1.807) is 17.8 Å². The monoisotopic (exact) mass is 265 g/mol. The van der Waals surface area contributed by atoms with Crippen molar-refractivity contribution in [1.82, 2.24) is 15.0 Å². The summed E-state index contributed by atoms with van der Waals surface area (Å²) < 4.78 is 13.1. The summed E-state index contributed by atoms with van der Waals surface area (Å²) >= 11 is 7.45. The summed E-state index contributed by atoms with van der Waals surface area (Å²) in [5.74, 6) is 0.123. The Morgan fingerprint density at radius 3 is 2.88 bits per heavy atom. The summed E-state index contributed by atoms with van der Waals surface area (Å²) in [6, 6.07) is 4.25. The highest BCUT2D eigenvalue weighted by molar-refractivity contribution is 7.13. The first-order valence-corrected chi connectivity index (χ1v) is 6.01. The Hall–Kier alpha value is -1.59. The van der Waals surface area contributed by atoms with Crippen LogP contribution in [0, 0.1) is 5.82 Å². The molecule has 6 heteroatoms. The van der Waals surface area contributed by atoms with E-state index in [0.29, 0.717) is 21.9 Å². The van der Waals surface area contributed by atoms with Crippen LogP contribution in [0.4, 0.5) is 4.39 Å². The van der Waals surface area contributed by atoms with Gasteiger partial charge in [0.15, 0.2) is 5.82 Å². The van der Waals surface area contributed by atoms with Crippen molar-refractivity contribution in [2.75, 3.05) is 0 Å². The normalized spacial score (nSPS) is 10.9. The molecular formula is C11H5ClFN3S. The van der Waals surface area contributed by atoms with Crippen LogP contribution in [0.3, 0.4) is 0 Å². The molecule has 2 heterocycles. The number of aromatic nitrogens is 3. The van der Waals surface area contributed by atoms with Crippen molar-refractivity contribution in [3.05, 3.63) is 40.9 Å². The molecule has 0 radical (unpaired) electrons. The number of benzene rings is 1. The average Bonchev–Trinajstić information content (AvgIpc) is 2.81. The van der Waals surface area contributed by atoms with Crippen molar-refractivity contribution in [3.8, 4) is 10.7 Å². The lowest BCUT2D eigenvalue weighted by Crippen LogP contribution is -1.91. The smallest absolute Gasteiger partial charge is 0.173 e. The van der Waals surface area contributed by atoms with Gasteiger partial charge in [0.1, 0.15) is 11.0 Å². The molecule has 3 aromatic rings. The van der Waals surface area contributed by atoms with Crippen LogP contribution in [-0.4, -0.2) is 15.0 Å². The molecule has 0 aliphatic carbocycles. The highest BCUT2D eigenvalue weighted by Crippen LogP contribution is 2.26. The summed E-state index contributed by atoms with van der Waals surface area (Å²) in [4.78, 5) is 13.2. The number of hydrogen-bond donors (Lipinski definition) is 0. The zero-order valence-corrected chi connectivity index (χ0v) is 9.96. The van der Waals surface area contributed by atoms with Crippen molar-refractivity contribution in [2.24, 2.45) is 0 Å². The van der Waals surface area contributed by atoms with Crippen molar-refractivity contribution < 1.29 is 4.39 Å². The number of thiazole rings is 1. The predicted octanol–water partition coefficient (Wildman–Crippen LogP) is 3.55. The molecule has 0 amide bonds. The van der Waals surface area contributed by atoms with Gasteiger partial charge in [0, 0.05) is 17.6 Å². The number of fused-ring (bicyclic) bond motifs is 1. The molecule has 2 aromatic heterocycles. The van der Waals surface area contributed by atoms with Gasteiger partial charge >= 0.3 is 0 Å². The number of rotatable bonds is 1. The maximum absolute atomic E-state index is 13.1. The largest absolute Gasteiger partial charge is 0.252 e. The quantitative estimate of drug-likeness (QED) is 0.632. The number of hydrogen-bond acceptors (Lipinski definition) is 4. The Morgan fingerprint density at radius 2 is 2.12 bits per heavy atom. The molecule has 0 N–H and O–H groups in total. The molecule has 0 saturated heterocycles. The molecule has 0 atom stereocenters. The van der Waals surface area contributed by atoms with E-state index in [9.17, 15) is 4.39 Å². The fraction of sp³-hybridized carbons (Fsp3) is 0. The summed E-state index contributed by atoms with van der Waals surface area (Å²) in [5.41, 5.74) is 2.18. The van der Waals surface area contributed by atoms with Gasteiger partial charge in [-0.15, -0.1) is 11.3 Å². The average molecular weight is 266 g/mol. The fourth-order valence-corrected chi connectivity index (χ4v) is 2.29. The second-order valence-electron chi connectivity index (χ2n) is 3.37. The van der Waals surface area contributed by atoms with E-state index < -0.39 is 0 Å². The minimum Gasteiger partial charge on any atom is -0.252 e. The number of halogens is 2. The lowest BCUT2D eigenvalue weighted by molar-refractivity contribution is 0.629. The van der Waals surface area contributed by atoms with Gasteiger partial charge in [-0.25, -0.2) is 14.4 Å². The van der Waals surface area contributed by atoms with E-state index in [2.05, 4.69) is 15.0 Å². The van der Waals surface area contributed by atoms with E-state index in [1.165, 1.54) is 23.5 Å². The van der Waals surface area contributed by atoms with Gasteiger partial charge in [0.2, 0.25) is 0 Å². The summed E-state index contributed by atoms with van der Waals surface area (Å²) in [7, 11) is 0. The van der Waals surface area contributed by atoms with Gasteiger partial charge in [-0.05, 0) is 12.1 Å². The molecule has 0 fully saturated rings. The molecule has 0 spiro atoms. The molecule has 3 rings (SSSR count). The van der Waals surface area contributed by atoms with Crippen LogP contribution in [0.5, 0.6) is 0 Å². The van der Waals surface area contributed by atoms with E-state index in [0.717, 1.165) is 4.88 Å². The topological polar surface area (TPSA) is 38.7 Å². The summed E-state index contributed by atoms with van der Waals surface area (Å²) in [6.07, 6.45) is 1.65. The number of nitrogens with zero attached hydrogens (tertiary/aromatic N) is 3. The third kappa shape index (κ3) is 1.87. The lowest BCUT2D eigenvalue weighted by atomic mass is 10.2. The van der Waals surface area contributed by atoms with E-state index >= 15 is 0 Å². The van der Waals surface area contributed by atoms with Crippen LogP contribution in [0.25, 0.3) is 21.6 Å². The van der Waals surface area contributed by atoms with Gasteiger partial charge in [-0.3, -0.25) is 4.98 Å². The van der Waals surface area contributed by atoms with Gasteiger partial charge in [-0.2, -0.15) is 0 Å². The van der Waals surface area contributed by atoms with Gasteiger partial charge in [0.05, 0.1) is 15.9 Å². The molecule has 0 aliphatic heterocycles. The van der Waals surface area contributed by atoms with E-state index in [-0.39, 0.29) is 5.82 Å². The van der Waals surface area contributed by atoms with Gasteiger partial charge in [0.25, 0.3) is 0 Å². The van der Waals surface area contributed by atoms with E-state index in [4.69, 9.17) is 11.6 Å².